The fourth-order valence-corrected chi connectivity index (χ4v) is 22.3. The maximum atomic E-state index is 6.19. The van der Waals surface area contributed by atoms with Gasteiger partial charge in [-0.25, -0.2) is 9.13 Å². The second-order valence-corrected chi connectivity index (χ2v) is 39.9. The van der Waals surface area contributed by atoms with E-state index in [4.69, 9.17) is 54.6 Å². The van der Waals surface area contributed by atoms with Gasteiger partial charge in [0.05, 0.1) is 91.3 Å². The number of ether oxygens (including phenoxy) is 2. The van der Waals surface area contributed by atoms with Crippen LogP contribution in [-0.4, -0.2) is 101 Å². The molecule has 20 heterocycles. The summed E-state index contributed by atoms with van der Waals surface area (Å²) in [6.07, 6.45) is 24.2. The van der Waals surface area contributed by atoms with Crippen LogP contribution in [0, 0.1) is 24.3 Å². The van der Waals surface area contributed by atoms with Crippen LogP contribution in [-0.2, 0) is 61.6 Å². The van der Waals surface area contributed by atoms with Crippen LogP contribution in [0.3, 0.4) is 0 Å². The number of hydrogen-bond donors (Lipinski definition) is 0. The third kappa shape index (κ3) is 14.9. The van der Waals surface area contributed by atoms with Crippen LogP contribution in [0.25, 0.3) is 160 Å². The smallest absolute Gasteiger partial charge is 0.501 e. The number of fused-ring (bicyclic) bond motifs is 25. The summed E-state index contributed by atoms with van der Waals surface area (Å²) in [5.74, 6) is 5.09. The predicted octanol–water partition coefficient (Wildman–Crippen LogP) is 25.5. The van der Waals surface area contributed by atoms with Crippen molar-refractivity contribution in [2.45, 2.75) is 164 Å². The van der Waals surface area contributed by atoms with Gasteiger partial charge in [-0.2, -0.15) is 22.3 Å². The SMILES string of the molecule is CC(C)c1ccc(C(C)C)c2c1c1nccc3c1c1n2nc[n+]1C3.CC(C)c1ccc2c3c1-c1ncccc1C1=CN(C)C(C2)N13.CC(C)c1ccc2c3c1c1nccc(C(C)C)c1n1nc[n+](c31)C2.CC(C)c1cccc2c1c1ncc(Oc3[c-]c(-n4cccn4)ccc3)[c-]c1c1nc3ccccc3n21.CC(C)c1cccc2c1c1ncc(Oc3[c-]c(-n4cccn4)ccc3)[c-]c1c1nc3ccccc3n21.[Pt+2].[Pt+2]. The van der Waals surface area contributed by atoms with Crippen molar-refractivity contribution in [3.05, 3.63) is 354 Å². The standard InChI is InChI=1S/2C30H21N5O.2C20H21N4.C19H19N3.2Pt/c2*1-19(2)23-10-6-13-27-28(23)29-24(30-33-25-11-3-4-12-26(25)35(27)30)17-22(18-31-29)36-21-9-5-8-20(16-21)34-15-7-14-32-34;1-11(2)14-5-6-15(12(3)4)19-17(14)18-16-13(7-8-21-18)9-23-10-22-24(19)20(16)23;1-11(2)14-6-5-13-9-23-10-22-24-19-15(12(3)4)7-8-21-18(19)17(14)16(13)20(23)24;1-11(2)13-7-6-12-9-16-21(3)10-15-14-5-4-8-20-18(14)17(13)19(12)22(15)16;;/h2*3-15,18-19H,1-2H3;2*5-8,10-12H,9H2,1-4H3;4-8,10-11,16H,9H2,1-3H3;;/q2*-2;2*+1;;2*+2. The molecular weight excluding hydrogens is 2150 g/mol. The van der Waals surface area contributed by atoms with Crippen LogP contribution < -0.4 is 23.5 Å². The van der Waals surface area contributed by atoms with Crippen LogP contribution in [0.15, 0.2) is 269 Å². The summed E-state index contributed by atoms with van der Waals surface area (Å²) in [6, 6.07) is 80.2. The van der Waals surface area contributed by atoms with E-state index < -0.39 is 0 Å². The van der Waals surface area contributed by atoms with Gasteiger partial charge in [-0.1, -0.05) is 214 Å². The Bertz CT molecular complexity index is 9070. The first-order valence-corrected chi connectivity index (χ1v) is 49.3. The summed E-state index contributed by atoms with van der Waals surface area (Å²) in [4.78, 5) is 39.0. The number of nitrogens with zero attached hydrogens (tertiary/aromatic N) is 21. The number of hydrogen-bond acceptors (Lipinski definition) is 15. The molecule has 1 unspecified atom stereocenters. The molecule has 0 spiro atoms. The van der Waals surface area contributed by atoms with Crippen molar-refractivity contribution >= 4 is 143 Å². The van der Waals surface area contributed by atoms with Crippen LogP contribution in [0.4, 0.5) is 5.69 Å². The molecule has 24 aromatic rings. The Hall–Kier alpha value is -15.3. The topological polar surface area (TPSA) is 202 Å². The molecule has 0 fully saturated rings. The van der Waals surface area contributed by atoms with Crippen LogP contribution in [0.2, 0.25) is 0 Å². The maximum Gasteiger partial charge on any atom is 2.00 e. The Kier molecular flexibility index (Phi) is 23.3. The van der Waals surface area contributed by atoms with E-state index >= 15 is 0 Å². The number of benzene rings is 9. The zero-order chi connectivity index (χ0) is 96.6. The Morgan fingerprint density at radius 3 is 1.41 bits per heavy atom. The van der Waals surface area contributed by atoms with Crippen molar-refractivity contribution in [3.63, 3.8) is 0 Å². The summed E-state index contributed by atoms with van der Waals surface area (Å²) >= 11 is 0. The van der Waals surface area contributed by atoms with Crippen molar-refractivity contribution in [2.24, 2.45) is 0 Å². The summed E-state index contributed by atoms with van der Waals surface area (Å²) < 4.78 is 29.1. The van der Waals surface area contributed by atoms with Gasteiger partial charge < -0.3 is 38.0 Å². The molecule has 0 saturated carbocycles. The molecule has 5 aliphatic rings. The normalized spacial score (nSPS) is 13.6. The van der Waals surface area contributed by atoms with E-state index in [1.54, 1.807) is 34.2 Å². The largest absolute Gasteiger partial charge is 2.00 e. The number of imidazole rings is 2. The molecule has 29 rings (SSSR count). The van der Waals surface area contributed by atoms with Crippen LogP contribution >= 0.6 is 0 Å². The van der Waals surface area contributed by atoms with Gasteiger partial charge in [0.15, 0.2) is 11.0 Å². The molecule has 5 aliphatic heterocycles. The minimum absolute atomic E-state index is 0. The number of para-hydroxylation sites is 4. The van der Waals surface area contributed by atoms with Gasteiger partial charge >= 0.3 is 42.1 Å². The van der Waals surface area contributed by atoms with Crippen molar-refractivity contribution in [1.82, 2.24) is 87.4 Å². The summed E-state index contributed by atoms with van der Waals surface area (Å²) in [7, 11) is 2.18. The van der Waals surface area contributed by atoms with Gasteiger partial charge in [-0.15, -0.1) is 36.4 Å². The molecular formula is C119H103N21O2Pt2+2. The van der Waals surface area contributed by atoms with Gasteiger partial charge in [-0.05, 0) is 199 Å². The average molecular weight is 2250 g/mol. The molecule has 144 heavy (non-hydrogen) atoms. The summed E-state index contributed by atoms with van der Waals surface area (Å²) in [6.45, 7) is 33.2. The number of likely N-dealkylation sites (N-methyl/N-ethyl adjacent to an activating group) is 1. The number of aromatic nitrogens is 19. The van der Waals surface area contributed by atoms with E-state index in [0.29, 0.717) is 70.6 Å². The van der Waals surface area contributed by atoms with Crippen molar-refractivity contribution in [2.75, 3.05) is 11.9 Å². The molecule has 714 valence electrons. The van der Waals surface area contributed by atoms with Gasteiger partial charge in [0, 0.05) is 134 Å². The van der Waals surface area contributed by atoms with Gasteiger partial charge in [0.2, 0.25) is 0 Å². The zero-order valence-electron chi connectivity index (χ0n) is 82.5. The molecule has 0 radical (unpaired) electrons. The first-order valence-electron chi connectivity index (χ1n) is 49.3. The van der Waals surface area contributed by atoms with Gasteiger partial charge in [0.25, 0.3) is 23.9 Å². The monoisotopic (exact) mass is 2250 g/mol. The molecule has 0 saturated heterocycles. The molecule has 0 bridgehead atoms. The minimum Gasteiger partial charge on any atom is -0.501 e. The quantitative estimate of drug-likeness (QED) is 0.0599. The molecule has 23 nitrogen and oxygen atoms in total. The molecule has 0 amide bonds. The van der Waals surface area contributed by atoms with Crippen molar-refractivity contribution in [3.8, 4) is 45.6 Å². The number of anilines is 1. The fourth-order valence-electron chi connectivity index (χ4n) is 22.3. The predicted molar refractivity (Wildman–Crippen MR) is 562 cm³/mol. The first kappa shape index (κ1) is 92.4. The van der Waals surface area contributed by atoms with E-state index in [-0.39, 0.29) is 42.1 Å². The Balaban J connectivity index is 0.000000101. The van der Waals surface area contributed by atoms with Gasteiger partial charge in [0.1, 0.15) is 11.7 Å². The molecule has 1 atom stereocenters. The Labute approximate surface area is 860 Å². The zero-order valence-corrected chi connectivity index (χ0v) is 87.0. The second-order valence-electron chi connectivity index (χ2n) is 39.9. The fraction of sp³-hybridized carbons (Fsp3) is 0.218. The third-order valence-electron chi connectivity index (χ3n) is 28.8. The second kappa shape index (κ2) is 36.3. The van der Waals surface area contributed by atoms with E-state index in [1.807, 2.05) is 135 Å². The number of rotatable bonds is 13. The maximum absolute atomic E-state index is 6.19. The van der Waals surface area contributed by atoms with Crippen molar-refractivity contribution < 1.29 is 60.7 Å². The third-order valence-corrected chi connectivity index (χ3v) is 28.8. The molecule has 25 heteroatoms. The number of pyridine rings is 9. The van der Waals surface area contributed by atoms with Crippen LogP contribution in [0.1, 0.15) is 200 Å². The summed E-state index contributed by atoms with van der Waals surface area (Å²) in [5.41, 5.74) is 38.1. The Morgan fingerprint density at radius 2 is 0.847 bits per heavy atom. The molecule has 9 aromatic carbocycles. The minimum atomic E-state index is 0. The van der Waals surface area contributed by atoms with Gasteiger partial charge in [-0.3, -0.25) is 34.3 Å². The first-order chi connectivity index (χ1) is 69.2. The van der Waals surface area contributed by atoms with E-state index in [2.05, 4.69) is 285 Å². The molecule has 0 N–H and O–H groups in total. The van der Waals surface area contributed by atoms with E-state index in [9.17, 15) is 0 Å². The Morgan fingerprint density at radius 1 is 0.368 bits per heavy atom. The van der Waals surface area contributed by atoms with Crippen LogP contribution in [0.5, 0.6) is 23.0 Å². The summed E-state index contributed by atoms with van der Waals surface area (Å²) in [5, 5.41) is 27.1. The average Bonchev–Trinajstić information content (AvgIpc) is 1.55. The van der Waals surface area contributed by atoms with Crippen molar-refractivity contribution in [1.29, 1.82) is 0 Å². The molecule has 0 aliphatic carbocycles. The van der Waals surface area contributed by atoms with E-state index in [1.165, 1.54) is 117 Å². The van der Waals surface area contributed by atoms with E-state index in [0.717, 1.165) is 130 Å². The molecule has 15 aromatic heterocycles.